The van der Waals surface area contributed by atoms with Crippen molar-refractivity contribution in [3.8, 4) is 0 Å². The zero-order valence-electron chi connectivity index (χ0n) is 8.75. The number of H-pyrrole nitrogens is 1. The zero-order valence-corrected chi connectivity index (χ0v) is 8.75. The van der Waals surface area contributed by atoms with Crippen molar-refractivity contribution in [2.24, 2.45) is 0 Å². The van der Waals surface area contributed by atoms with Crippen LogP contribution in [0, 0.1) is 0 Å². The average molecular weight is 209 g/mol. The number of carbonyl (C=O) groups excluding carboxylic acids is 1. The van der Waals surface area contributed by atoms with Gasteiger partial charge in [-0.2, -0.15) is 5.10 Å². The van der Waals surface area contributed by atoms with Gasteiger partial charge in [0.1, 0.15) is 6.10 Å². The summed E-state index contributed by atoms with van der Waals surface area (Å²) in [5.41, 5.74) is 1.01. The van der Waals surface area contributed by atoms with Crippen LogP contribution in [-0.2, 0) is 16.0 Å². The van der Waals surface area contributed by atoms with Crippen LogP contribution in [0.25, 0.3) is 0 Å². The van der Waals surface area contributed by atoms with Gasteiger partial charge in [-0.3, -0.25) is 9.89 Å². The van der Waals surface area contributed by atoms with Crippen molar-refractivity contribution in [3.63, 3.8) is 0 Å². The van der Waals surface area contributed by atoms with E-state index in [9.17, 15) is 4.79 Å². The van der Waals surface area contributed by atoms with Crippen molar-refractivity contribution in [1.82, 2.24) is 10.2 Å². The van der Waals surface area contributed by atoms with Crippen LogP contribution < -0.4 is 5.32 Å². The van der Waals surface area contributed by atoms with Gasteiger partial charge < -0.3 is 10.1 Å². The number of amides is 1. The maximum Gasteiger partial charge on any atom is 0.254 e. The topological polar surface area (TPSA) is 67.0 Å². The van der Waals surface area contributed by atoms with Crippen molar-refractivity contribution < 1.29 is 9.53 Å². The molecule has 1 aromatic rings. The lowest BCUT2D eigenvalue weighted by Gasteiger charge is -2.07. The predicted molar refractivity (Wildman–Crippen MR) is 55.6 cm³/mol. The molecule has 0 radical (unpaired) electrons. The molecule has 0 aromatic carbocycles. The SMILES string of the molecule is CCc1cc(NC(=O)[C@@H]2CCCO2)n[nH]1. The minimum Gasteiger partial charge on any atom is -0.368 e. The molecule has 1 aliphatic heterocycles. The molecule has 2 N–H and O–H groups in total. The number of nitrogens with one attached hydrogen (secondary N) is 2. The van der Waals surface area contributed by atoms with E-state index in [-0.39, 0.29) is 12.0 Å². The van der Waals surface area contributed by atoms with Crippen molar-refractivity contribution in [2.45, 2.75) is 32.3 Å². The standard InChI is InChI=1S/C10H15N3O2/c1-2-7-6-9(13-12-7)11-10(14)8-4-3-5-15-8/h6,8H,2-5H2,1H3,(H2,11,12,13,14)/t8-/m0/s1. The van der Waals surface area contributed by atoms with Crippen molar-refractivity contribution >= 4 is 11.7 Å². The van der Waals surface area contributed by atoms with E-state index in [0.29, 0.717) is 12.4 Å². The molecule has 0 bridgehead atoms. The monoisotopic (exact) mass is 209 g/mol. The summed E-state index contributed by atoms with van der Waals surface area (Å²) in [5.74, 6) is 0.481. The largest absolute Gasteiger partial charge is 0.368 e. The van der Waals surface area contributed by atoms with Crippen LogP contribution in [0.5, 0.6) is 0 Å². The number of rotatable bonds is 3. The van der Waals surface area contributed by atoms with Crippen molar-refractivity contribution in [2.75, 3.05) is 11.9 Å². The number of aryl methyl sites for hydroxylation is 1. The van der Waals surface area contributed by atoms with Crippen LogP contribution >= 0.6 is 0 Å². The number of nitrogens with zero attached hydrogens (tertiary/aromatic N) is 1. The molecule has 82 valence electrons. The lowest BCUT2D eigenvalue weighted by molar-refractivity contribution is -0.124. The Bertz CT molecular complexity index is 342. The second kappa shape index (κ2) is 4.44. The second-order valence-electron chi connectivity index (χ2n) is 3.62. The summed E-state index contributed by atoms with van der Waals surface area (Å²) in [6, 6.07) is 1.84. The van der Waals surface area contributed by atoms with Crippen LogP contribution in [-0.4, -0.2) is 28.8 Å². The zero-order chi connectivity index (χ0) is 10.7. The van der Waals surface area contributed by atoms with Crippen LogP contribution in [0.15, 0.2) is 6.07 Å². The fourth-order valence-corrected chi connectivity index (χ4v) is 1.60. The molecule has 5 nitrogen and oxygen atoms in total. The number of anilines is 1. The highest BCUT2D eigenvalue weighted by Gasteiger charge is 2.23. The first-order valence-corrected chi connectivity index (χ1v) is 5.26. The third kappa shape index (κ3) is 2.36. The number of aromatic nitrogens is 2. The van der Waals surface area contributed by atoms with Gasteiger partial charge in [-0.05, 0) is 19.3 Å². The third-order valence-corrected chi connectivity index (χ3v) is 2.49. The van der Waals surface area contributed by atoms with E-state index >= 15 is 0 Å². The van der Waals surface area contributed by atoms with E-state index < -0.39 is 0 Å². The maximum atomic E-state index is 11.6. The molecule has 15 heavy (non-hydrogen) atoms. The Labute approximate surface area is 88.2 Å². The maximum absolute atomic E-state index is 11.6. The average Bonchev–Trinajstić information content (AvgIpc) is 2.87. The van der Waals surface area contributed by atoms with Gasteiger partial charge in [-0.1, -0.05) is 6.92 Å². The first-order chi connectivity index (χ1) is 7.29. The van der Waals surface area contributed by atoms with Gasteiger partial charge >= 0.3 is 0 Å². The van der Waals surface area contributed by atoms with Gasteiger partial charge in [0.05, 0.1) is 0 Å². The molecular weight excluding hydrogens is 194 g/mol. The molecule has 5 heteroatoms. The first-order valence-electron chi connectivity index (χ1n) is 5.26. The Kier molecular flexibility index (Phi) is 3.01. The number of hydrogen-bond donors (Lipinski definition) is 2. The van der Waals surface area contributed by atoms with Gasteiger partial charge in [-0.15, -0.1) is 0 Å². The van der Waals surface area contributed by atoms with Gasteiger partial charge in [0.25, 0.3) is 5.91 Å². The van der Waals surface area contributed by atoms with Crippen LogP contribution in [0.4, 0.5) is 5.82 Å². The van der Waals surface area contributed by atoms with Gasteiger partial charge in [0.15, 0.2) is 5.82 Å². The van der Waals surface area contributed by atoms with E-state index in [2.05, 4.69) is 15.5 Å². The van der Waals surface area contributed by atoms with Crippen molar-refractivity contribution in [1.29, 1.82) is 0 Å². The minimum absolute atomic E-state index is 0.0957. The highest BCUT2D eigenvalue weighted by atomic mass is 16.5. The minimum atomic E-state index is -0.299. The predicted octanol–water partition coefficient (Wildman–Crippen LogP) is 1.09. The summed E-state index contributed by atoms with van der Waals surface area (Å²) in [7, 11) is 0. The Hall–Kier alpha value is -1.36. The summed E-state index contributed by atoms with van der Waals surface area (Å²) in [6.07, 6.45) is 2.34. The lowest BCUT2D eigenvalue weighted by atomic mass is 10.2. The molecule has 1 fully saturated rings. The molecule has 0 aliphatic carbocycles. The number of hydrogen-bond acceptors (Lipinski definition) is 3. The first kappa shape index (κ1) is 10.2. The Morgan fingerprint density at radius 2 is 2.67 bits per heavy atom. The summed E-state index contributed by atoms with van der Waals surface area (Å²) >= 11 is 0. The Balaban J connectivity index is 1.92. The molecule has 2 heterocycles. The quantitative estimate of drug-likeness (QED) is 0.783. The fourth-order valence-electron chi connectivity index (χ4n) is 1.60. The molecule has 1 atom stereocenters. The van der Waals surface area contributed by atoms with Crippen molar-refractivity contribution in [3.05, 3.63) is 11.8 Å². The summed E-state index contributed by atoms with van der Waals surface area (Å²) in [5, 5.41) is 9.56. The van der Waals surface area contributed by atoms with Crippen LogP contribution in [0.3, 0.4) is 0 Å². The van der Waals surface area contributed by atoms with E-state index in [1.54, 1.807) is 0 Å². The summed E-state index contributed by atoms with van der Waals surface area (Å²) in [4.78, 5) is 11.6. The molecule has 0 unspecified atom stereocenters. The lowest BCUT2D eigenvalue weighted by Crippen LogP contribution is -2.26. The van der Waals surface area contributed by atoms with Gasteiger partial charge in [0.2, 0.25) is 0 Å². The van der Waals surface area contributed by atoms with Crippen LogP contribution in [0.1, 0.15) is 25.5 Å². The number of aromatic amines is 1. The molecular formula is C10H15N3O2. The molecule has 1 amide bonds. The Morgan fingerprint density at radius 3 is 3.27 bits per heavy atom. The highest BCUT2D eigenvalue weighted by Crippen LogP contribution is 2.14. The smallest absolute Gasteiger partial charge is 0.254 e. The fraction of sp³-hybridized carbons (Fsp3) is 0.600. The molecule has 1 aromatic heterocycles. The van der Waals surface area contributed by atoms with Gasteiger partial charge in [-0.25, -0.2) is 0 Å². The second-order valence-corrected chi connectivity index (χ2v) is 3.62. The van der Waals surface area contributed by atoms with Gasteiger partial charge in [0, 0.05) is 18.4 Å². The molecule has 0 saturated carbocycles. The molecule has 1 aliphatic rings. The Morgan fingerprint density at radius 1 is 1.80 bits per heavy atom. The van der Waals surface area contributed by atoms with E-state index in [1.165, 1.54) is 0 Å². The third-order valence-electron chi connectivity index (χ3n) is 2.49. The van der Waals surface area contributed by atoms with Crippen LogP contribution in [0.2, 0.25) is 0 Å². The van der Waals surface area contributed by atoms with E-state index in [1.807, 2.05) is 13.0 Å². The van der Waals surface area contributed by atoms with E-state index in [0.717, 1.165) is 25.0 Å². The summed E-state index contributed by atoms with van der Waals surface area (Å²) in [6.45, 7) is 2.71. The molecule has 0 spiro atoms. The normalized spacial score (nSPS) is 20.5. The molecule has 1 saturated heterocycles. The molecule has 2 rings (SSSR count). The van der Waals surface area contributed by atoms with E-state index in [4.69, 9.17) is 4.74 Å². The highest BCUT2D eigenvalue weighted by molar-refractivity contribution is 5.93. The number of carbonyl (C=O) groups is 1. The number of ether oxygens (including phenoxy) is 1. The summed E-state index contributed by atoms with van der Waals surface area (Å²) < 4.78 is 5.27.